The first-order valence-corrected chi connectivity index (χ1v) is 7.35. The zero-order chi connectivity index (χ0) is 16.0. The van der Waals surface area contributed by atoms with Gasteiger partial charge in [-0.15, -0.1) is 0 Å². The Balaban J connectivity index is 1.63. The second-order valence-corrected chi connectivity index (χ2v) is 6.47. The summed E-state index contributed by atoms with van der Waals surface area (Å²) in [5, 5.41) is 0. The van der Waals surface area contributed by atoms with Crippen LogP contribution in [0.1, 0.15) is 30.4 Å². The Morgan fingerprint density at radius 2 is 2.09 bits per heavy atom. The van der Waals surface area contributed by atoms with Crippen LogP contribution in [0.3, 0.4) is 0 Å². The highest BCUT2D eigenvalue weighted by atomic mass is 19.4. The lowest BCUT2D eigenvalue weighted by molar-refractivity contribution is -0.138. The molecule has 1 spiro atoms. The van der Waals surface area contributed by atoms with E-state index in [1.807, 2.05) is 0 Å². The minimum atomic E-state index is -4.33. The second-order valence-electron chi connectivity index (χ2n) is 6.47. The van der Waals surface area contributed by atoms with E-state index in [-0.39, 0.29) is 17.1 Å². The number of hydrogen-bond donors (Lipinski definition) is 0. The lowest BCUT2D eigenvalue weighted by Crippen LogP contribution is -2.54. The molecule has 1 saturated heterocycles. The fourth-order valence-corrected chi connectivity index (χ4v) is 3.65. The average molecular weight is 313 g/mol. The summed E-state index contributed by atoms with van der Waals surface area (Å²) in [6.45, 7) is 2.98. The zero-order valence-corrected chi connectivity index (χ0v) is 12.3. The summed E-state index contributed by atoms with van der Waals surface area (Å²) in [6, 6.07) is 3.92. The smallest absolute Gasteiger partial charge is 0.416 e. The van der Waals surface area contributed by atoms with Gasteiger partial charge in [0.1, 0.15) is 5.75 Å². The summed E-state index contributed by atoms with van der Waals surface area (Å²) in [4.78, 5) is 12.4. The average Bonchev–Trinajstić information content (AvgIpc) is 2.79. The molecule has 1 aromatic rings. The van der Waals surface area contributed by atoms with Crippen LogP contribution in [-0.4, -0.2) is 30.5 Å². The van der Waals surface area contributed by atoms with Crippen LogP contribution in [0.4, 0.5) is 13.2 Å². The summed E-state index contributed by atoms with van der Waals surface area (Å²) in [6.07, 6.45) is -0.709. The summed E-state index contributed by atoms with van der Waals surface area (Å²) in [7, 11) is 0. The van der Waals surface area contributed by atoms with E-state index in [9.17, 15) is 18.0 Å². The molecule has 2 aliphatic rings. The highest BCUT2D eigenvalue weighted by Crippen LogP contribution is 2.46. The number of nitrogens with zero attached hydrogens (tertiary/aromatic N) is 1. The predicted molar refractivity (Wildman–Crippen MR) is 74.5 cm³/mol. The Labute approximate surface area is 127 Å². The molecule has 1 aliphatic carbocycles. The van der Waals surface area contributed by atoms with Crippen molar-refractivity contribution >= 4 is 6.41 Å². The number of alkyl halides is 3. The molecule has 3 rings (SSSR count). The first-order valence-electron chi connectivity index (χ1n) is 7.35. The van der Waals surface area contributed by atoms with E-state index in [1.165, 1.54) is 19.1 Å². The third-order valence-electron chi connectivity index (χ3n) is 4.69. The fourth-order valence-electron chi connectivity index (χ4n) is 3.65. The maximum Gasteiger partial charge on any atom is 0.416 e. The Morgan fingerprint density at radius 1 is 1.36 bits per heavy atom. The van der Waals surface area contributed by atoms with Crippen LogP contribution < -0.4 is 4.74 Å². The molecule has 1 aliphatic heterocycles. The molecular formula is C16H18F3NO2. The van der Waals surface area contributed by atoms with Crippen molar-refractivity contribution in [2.24, 2.45) is 5.41 Å². The molecule has 0 radical (unpaired) electrons. The van der Waals surface area contributed by atoms with Gasteiger partial charge < -0.3 is 9.64 Å². The Bertz CT molecular complexity index is 579. The van der Waals surface area contributed by atoms with Gasteiger partial charge >= 0.3 is 6.18 Å². The number of aryl methyl sites for hydroxylation is 1. The van der Waals surface area contributed by atoms with Gasteiger partial charge in [0.05, 0.1) is 11.7 Å². The number of carbonyl (C=O) groups excluding carboxylic acids is 1. The highest BCUT2D eigenvalue weighted by molar-refractivity contribution is 5.49. The number of ether oxygens (including phenoxy) is 1. The number of carbonyl (C=O) groups is 1. The third kappa shape index (κ3) is 2.78. The summed E-state index contributed by atoms with van der Waals surface area (Å²) < 4.78 is 44.1. The minimum absolute atomic E-state index is 0.0185. The van der Waals surface area contributed by atoms with E-state index in [2.05, 4.69) is 0 Å². The van der Waals surface area contributed by atoms with Crippen molar-refractivity contribution in [3.8, 4) is 5.75 Å². The predicted octanol–water partition coefficient (Wildman–Crippen LogP) is 3.40. The number of amides is 1. The molecule has 2 fully saturated rings. The van der Waals surface area contributed by atoms with E-state index < -0.39 is 11.7 Å². The summed E-state index contributed by atoms with van der Waals surface area (Å²) in [5.74, 6) is 0.485. The first-order chi connectivity index (χ1) is 10.3. The van der Waals surface area contributed by atoms with Gasteiger partial charge in [0.15, 0.2) is 0 Å². The highest BCUT2D eigenvalue weighted by Gasteiger charge is 2.48. The molecule has 1 unspecified atom stereocenters. The Kier molecular flexibility index (Phi) is 3.57. The summed E-state index contributed by atoms with van der Waals surface area (Å²) in [5.41, 5.74) is -0.288. The second kappa shape index (κ2) is 5.18. The number of rotatable bonds is 3. The molecule has 6 heteroatoms. The quantitative estimate of drug-likeness (QED) is 0.801. The van der Waals surface area contributed by atoms with Crippen molar-refractivity contribution in [1.29, 1.82) is 0 Å². The Morgan fingerprint density at radius 3 is 2.68 bits per heavy atom. The van der Waals surface area contributed by atoms with E-state index in [0.29, 0.717) is 5.75 Å². The van der Waals surface area contributed by atoms with E-state index in [1.54, 1.807) is 4.90 Å². The van der Waals surface area contributed by atoms with Gasteiger partial charge in [0, 0.05) is 18.5 Å². The van der Waals surface area contributed by atoms with Gasteiger partial charge in [-0.3, -0.25) is 4.79 Å². The number of hydrogen-bond acceptors (Lipinski definition) is 2. The number of halogens is 3. The molecule has 1 amide bonds. The molecular weight excluding hydrogens is 295 g/mol. The number of likely N-dealkylation sites (tertiary alicyclic amines) is 1. The van der Waals surface area contributed by atoms with E-state index in [4.69, 9.17) is 4.74 Å². The molecule has 3 nitrogen and oxygen atoms in total. The maximum atomic E-state index is 12.7. The van der Waals surface area contributed by atoms with Gasteiger partial charge in [-0.05, 0) is 49.9 Å². The van der Waals surface area contributed by atoms with Crippen molar-refractivity contribution in [3.63, 3.8) is 0 Å². The van der Waals surface area contributed by atoms with Crippen molar-refractivity contribution in [2.45, 2.75) is 38.5 Å². The van der Waals surface area contributed by atoms with Gasteiger partial charge in [0.2, 0.25) is 6.41 Å². The van der Waals surface area contributed by atoms with Crippen LogP contribution >= 0.6 is 0 Å². The lowest BCUT2D eigenvalue weighted by Gasteiger charge is -2.46. The van der Waals surface area contributed by atoms with Crippen LogP contribution in [-0.2, 0) is 11.0 Å². The Hall–Kier alpha value is -1.72. The molecule has 1 atom stereocenters. The van der Waals surface area contributed by atoms with Gasteiger partial charge in [0.25, 0.3) is 0 Å². The largest absolute Gasteiger partial charge is 0.490 e. The van der Waals surface area contributed by atoms with Crippen LogP contribution in [0.2, 0.25) is 0 Å². The minimum Gasteiger partial charge on any atom is -0.490 e. The van der Waals surface area contributed by atoms with E-state index >= 15 is 0 Å². The molecule has 120 valence electrons. The van der Waals surface area contributed by atoms with Crippen molar-refractivity contribution in [3.05, 3.63) is 29.3 Å². The molecule has 1 saturated carbocycles. The molecule has 0 bridgehead atoms. The fraction of sp³-hybridized carbons (Fsp3) is 0.562. The van der Waals surface area contributed by atoms with Crippen molar-refractivity contribution in [2.75, 3.05) is 13.1 Å². The maximum absolute atomic E-state index is 12.7. The van der Waals surface area contributed by atoms with Crippen LogP contribution in [0.25, 0.3) is 0 Å². The van der Waals surface area contributed by atoms with Gasteiger partial charge in [-0.2, -0.15) is 13.2 Å². The monoisotopic (exact) mass is 313 g/mol. The zero-order valence-electron chi connectivity index (χ0n) is 12.3. The van der Waals surface area contributed by atoms with Gasteiger partial charge in [-0.1, -0.05) is 0 Å². The van der Waals surface area contributed by atoms with Gasteiger partial charge in [-0.25, -0.2) is 0 Å². The first kappa shape index (κ1) is 15.2. The molecule has 1 heterocycles. The normalized spacial score (nSPS) is 23.5. The van der Waals surface area contributed by atoms with Crippen molar-refractivity contribution in [1.82, 2.24) is 4.90 Å². The topological polar surface area (TPSA) is 29.5 Å². The molecule has 0 aromatic heterocycles. The SMILES string of the molecule is Cc1cc(OC2CCC3(C2)CN(C=O)C3)ccc1C(F)(F)F. The van der Waals surface area contributed by atoms with Crippen LogP contribution in [0.5, 0.6) is 5.75 Å². The third-order valence-corrected chi connectivity index (χ3v) is 4.69. The molecule has 1 aromatic carbocycles. The van der Waals surface area contributed by atoms with E-state index in [0.717, 1.165) is 44.8 Å². The molecule has 0 N–H and O–H groups in total. The molecule has 22 heavy (non-hydrogen) atoms. The van der Waals surface area contributed by atoms with Crippen molar-refractivity contribution < 1.29 is 22.7 Å². The van der Waals surface area contributed by atoms with Crippen LogP contribution in [0, 0.1) is 12.3 Å². The standard InChI is InChI=1S/C16H18F3NO2/c1-11-6-12(2-3-14(11)16(17,18)19)22-13-4-5-15(7-13)8-20(9-15)10-21/h2-3,6,10,13H,4-5,7-9H2,1H3. The van der Waals surface area contributed by atoms with Crippen LogP contribution in [0.15, 0.2) is 18.2 Å². The number of benzene rings is 1. The summed E-state index contributed by atoms with van der Waals surface area (Å²) >= 11 is 0. The lowest BCUT2D eigenvalue weighted by atomic mass is 9.78.